The molecule has 0 rings (SSSR count). The molecule has 0 saturated carbocycles. The Bertz CT molecular complexity index is 557. The Hall–Kier alpha value is -1.51. The number of likely N-dealkylation sites (N-methyl/N-ethyl adjacent to an activating group) is 2. The molecule has 0 aliphatic heterocycles. The van der Waals surface area contributed by atoms with E-state index in [1.807, 2.05) is 60.5 Å². The number of carbonyl (C=O) groups is 3. The Kier molecular flexibility index (Phi) is 12.4. The van der Waals surface area contributed by atoms with Crippen LogP contribution in [0.1, 0.15) is 54.4 Å². The number of carboxylic acid groups (broad SMARTS) is 1. The van der Waals surface area contributed by atoms with E-state index in [0.29, 0.717) is 6.42 Å². The van der Waals surface area contributed by atoms with Gasteiger partial charge in [0.25, 0.3) is 0 Å². The Morgan fingerprint density at radius 3 is 1.83 bits per heavy atom. The molecular weight excluding hydrogens is 386 g/mol. The van der Waals surface area contributed by atoms with Crippen molar-refractivity contribution in [1.82, 2.24) is 15.1 Å². The summed E-state index contributed by atoms with van der Waals surface area (Å²) in [5, 5.41) is 12.4. The van der Waals surface area contributed by atoms with Gasteiger partial charge in [-0.2, -0.15) is 0 Å². The first kappa shape index (κ1) is 28.5. The zero-order valence-corrected chi connectivity index (χ0v) is 20.4. The quantitative estimate of drug-likeness (QED) is 0.462. The lowest BCUT2D eigenvalue weighted by Crippen LogP contribution is -2.63. The fourth-order valence-electron chi connectivity index (χ4n) is 4.08. The summed E-state index contributed by atoms with van der Waals surface area (Å²) in [5.41, 5.74) is 0. The van der Waals surface area contributed by atoms with E-state index in [9.17, 15) is 19.5 Å². The summed E-state index contributed by atoms with van der Waals surface area (Å²) in [6, 6.07) is -1.78. The largest absolute Gasteiger partial charge is 0.481 e. The van der Waals surface area contributed by atoms with Crippen molar-refractivity contribution in [2.24, 2.45) is 17.8 Å². The van der Waals surface area contributed by atoms with E-state index >= 15 is 0 Å². The van der Waals surface area contributed by atoms with Gasteiger partial charge in [0.05, 0.1) is 30.7 Å². The molecule has 0 saturated heterocycles. The lowest BCUT2D eigenvalue weighted by Gasteiger charge is -2.43. The highest BCUT2D eigenvalue weighted by Crippen LogP contribution is 2.27. The number of amides is 2. The molecule has 0 heterocycles. The molecule has 0 aromatic rings. The topological polar surface area (TPSA) is 99.2 Å². The number of nitrogens with zero attached hydrogens (tertiary/aromatic N) is 2. The SMILES string of the molecule is CC[C@@H](C)[C@@H]([C@H](CC(=O)O)OC)N(C(=O)[C@@H](NC)C(C)C)C(=O)[C@H](C(C)C)N(C)C. The summed E-state index contributed by atoms with van der Waals surface area (Å²) in [7, 11) is 6.75. The maximum absolute atomic E-state index is 13.8. The summed E-state index contributed by atoms with van der Waals surface area (Å²) < 4.78 is 5.54. The van der Waals surface area contributed by atoms with Gasteiger partial charge in [0.1, 0.15) is 0 Å². The molecule has 0 radical (unpaired) electrons. The van der Waals surface area contributed by atoms with Gasteiger partial charge < -0.3 is 15.2 Å². The zero-order chi connectivity index (χ0) is 23.8. The number of carbonyl (C=O) groups excluding carboxylic acids is 2. The van der Waals surface area contributed by atoms with Crippen LogP contribution in [0.5, 0.6) is 0 Å². The van der Waals surface area contributed by atoms with Gasteiger partial charge in [0.15, 0.2) is 0 Å². The zero-order valence-electron chi connectivity index (χ0n) is 20.4. The number of carboxylic acids is 1. The van der Waals surface area contributed by atoms with Crippen molar-refractivity contribution < 1.29 is 24.2 Å². The number of hydrogen-bond acceptors (Lipinski definition) is 6. The third-order valence-electron chi connectivity index (χ3n) is 5.74. The number of rotatable bonds is 13. The Labute approximate surface area is 182 Å². The Balaban J connectivity index is 6.66. The fourth-order valence-corrected chi connectivity index (χ4v) is 4.08. The van der Waals surface area contributed by atoms with Gasteiger partial charge in [-0.25, -0.2) is 0 Å². The van der Waals surface area contributed by atoms with Crippen LogP contribution in [-0.4, -0.2) is 85.2 Å². The van der Waals surface area contributed by atoms with Crippen molar-refractivity contribution in [3.05, 3.63) is 0 Å². The third-order valence-corrected chi connectivity index (χ3v) is 5.74. The average molecular weight is 430 g/mol. The highest BCUT2D eigenvalue weighted by Gasteiger charge is 2.44. The van der Waals surface area contributed by atoms with E-state index in [2.05, 4.69) is 5.32 Å². The first-order valence-corrected chi connectivity index (χ1v) is 10.8. The van der Waals surface area contributed by atoms with Crippen LogP contribution in [0.2, 0.25) is 0 Å². The number of imide groups is 1. The Morgan fingerprint density at radius 2 is 1.53 bits per heavy atom. The number of methoxy groups -OCH3 is 1. The van der Waals surface area contributed by atoms with Crippen LogP contribution in [0.4, 0.5) is 0 Å². The summed E-state index contributed by atoms with van der Waals surface area (Å²) in [5.74, 6) is -1.92. The molecule has 0 spiro atoms. The predicted molar refractivity (Wildman–Crippen MR) is 118 cm³/mol. The minimum Gasteiger partial charge on any atom is -0.481 e. The van der Waals surface area contributed by atoms with Crippen molar-refractivity contribution in [2.75, 3.05) is 28.3 Å². The molecular formula is C22H43N3O5. The maximum atomic E-state index is 13.8. The molecule has 0 aliphatic carbocycles. The highest BCUT2D eigenvalue weighted by atomic mass is 16.5. The average Bonchev–Trinajstić information content (AvgIpc) is 2.62. The summed E-state index contributed by atoms with van der Waals surface area (Å²) in [4.78, 5) is 42.1. The molecule has 2 amide bonds. The first-order chi connectivity index (χ1) is 13.8. The Morgan fingerprint density at radius 1 is 1.00 bits per heavy atom. The molecule has 8 nitrogen and oxygen atoms in total. The molecule has 30 heavy (non-hydrogen) atoms. The van der Waals surface area contributed by atoms with Crippen LogP contribution in [0.3, 0.4) is 0 Å². The standard InChI is InChI=1S/C22H43N3O5/c1-11-15(6)20(16(30-10)12-17(26)27)25(21(28)18(23-7)13(2)3)22(29)19(14(4)5)24(8)9/h13-16,18-20,23H,11-12H2,1-10H3,(H,26,27)/t15-,16+,18+,19+,20+/m1/s1. The smallest absolute Gasteiger partial charge is 0.306 e. The number of hydrogen-bond donors (Lipinski definition) is 2. The maximum Gasteiger partial charge on any atom is 0.306 e. The highest BCUT2D eigenvalue weighted by molar-refractivity contribution is 6.00. The first-order valence-electron chi connectivity index (χ1n) is 10.8. The summed E-state index contributed by atoms with van der Waals surface area (Å²) >= 11 is 0. The van der Waals surface area contributed by atoms with Crippen LogP contribution < -0.4 is 5.32 Å². The molecule has 176 valence electrons. The molecule has 8 heteroatoms. The second-order valence-corrected chi connectivity index (χ2v) is 8.96. The third kappa shape index (κ3) is 7.32. The van der Waals surface area contributed by atoms with Crippen molar-refractivity contribution in [2.45, 2.75) is 78.6 Å². The van der Waals surface area contributed by atoms with Gasteiger partial charge in [-0.15, -0.1) is 0 Å². The number of ether oxygens (including phenoxy) is 1. The van der Waals surface area contributed by atoms with E-state index in [1.54, 1.807) is 7.05 Å². The van der Waals surface area contributed by atoms with Gasteiger partial charge in [0.2, 0.25) is 11.8 Å². The molecule has 5 atom stereocenters. The van der Waals surface area contributed by atoms with Crippen molar-refractivity contribution in [3.63, 3.8) is 0 Å². The van der Waals surface area contributed by atoms with Gasteiger partial charge >= 0.3 is 5.97 Å². The van der Waals surface area contributed by atoms with Crippen molar-refractivity contribution >= 4 is 17.8 Å². The van der Waals surface area contributed by atoms with Gasteiger partial charge in [0, 0.05) is 7.11 Å². The van der Waals surface area contributed by atoms with Crippen LogP contribution >= 0.6 is 0 Å². The van der Waals surface area contributed by atoms with E-state index in [-0.39, 0.29) is 36.0 Å². The van der Waals surface area contributed by atoms with Crippen LogP contribution in [-0.2, 0) is 19.1 Å². The molecule has 0 bridgehead atoms. The van der Waals surface area contributed by atoms with Crippen LogP contribution in [0.25, 0.3) is 0 Å². The summed E-state index contributed by atoms with van der Waals surface area (Å²) in [6.07, 6.45) is -0.422. The molecule has 0 fully saturated rings. The predicted octanol–water partition coefficient (Wildman–Crippen LogP) is 2.08. The minimum absolute atomic E-state index is 0.0343. The van der Waals surface area contributed by atoms with Crippen LogP contribution in [0, 0.1) is 17.8 Å². The minimum atomic E-state index is -1.03. The number of aliphatic carboxylic acids is 1. The second kappa shape index (κ2) is 13.0. The molecule has 2 N–H and O–H groups in total. The van der Waals surface area contributed by atoms with E-state index in [4.69, 9.17) is 4.74 Å². The van der Waals surface area contributed by atoms with Gasteiger partial charge in [-0.3, -0.25) is 24.2 Å². The monoisotopic (exact) mass is 429 g/mol. The van der Waals surface area contributed by atoms with Crippen molar-refractivity contribution in [3.8, 4) is 0 Å². The van der Waals surface area contributed by atoms with E-state index < -0.39 is 30.2 Å². The molecule has 0 unspecified atom stereocenters. The fraction of sp³-hybridized carbons (Fsp3) is 0.864. The molecule has 0 aromatic carbocycles. The van der Waals surface area contributed by atoms with E-state index in [1.165, 1.54) is 12.0 Å². The normalized spacial score (nSPS) is 17.0. The van der Waals surface area contributed by atoms with Gasteiger partial charge in [-0.1, -0.05) is 48.0 Å². The van der Waals surface area contributed by atoms with E-state index in [0.717, 1.165) is 0 Å². The second-order valence-electron chi connectivity index (χ2n) is 8.96. The van der Waals surface area contributed by atoms with Crippen LogP contribution in [0.15, 0.2) is 0 Å². The lowest BCUT2D eigenvalue weighted by atomic mass is 9.88. The molecule has 0 aliphatic rings. The van der Waals surface area contributed by atoms with Crippen molar-refractivity contribution in [1.29, 1.82) is 0 Å². The lowest BCUT2D eigenvalue weighted by molar-refractivity contribution is -0.162. The van der Waals surface area contributed by atoms with Gasteiger partial charge in [-0.05, 0) is 38.9 Å². The molecule has 0 aromatic heterocycles. The number of nitrogens with one attached hydrogen (secondary N) is 1. The summed E-state index contributed by atoms with van der Waals surface area (Å²) in [6.45, 7) is 11.6.